The number of hydrogen-bond acceptors (Lipinski definition) is 2. The van der Waals surface area contributed by atoms with Crippen LogP contribution in [0, 0.1) is 11.6 Å². The zero-order valence-electron chi connectivity index (χ0n) is 8.05. The van der Waals surface area contributed by atoms with Crippen molar-refractivity contribution in [1.29, 1.82) is 0 Å². The summed E-state index contributed by atoms with van der Waals surface area (Å²) in [5.41, 5.74) is -0.645. The van der Waals surface area contributed by atoms with E-state index in [9.17, 15) is 13.6 Å². The Kier molecular flexibility index (Phi) is 3.76. The molecule has 3 nitrogen and oxygen atoms in total. The van der Waals surface area contributed by atoms with Gasteiger partial charge in [0.05, 0.1) is 11.6 Å². The first kappa shape index (κ1) is 12.1. The van der Waals surface area contributed by atoms with E-state index in [1.807, 2.05) is 0 Å². The van der Waals surface area contributed by atoms with Crippen LogP contribution in [0.25, 0.3) is 0 Å². The van der Waals surface area contributed by atoms with E-state index >= 15 is 0 Å². The molecule has 1 aromatic rings. The fourth-order valence-corrected chi connectivity index (χ4v) is 1.29. The highest BCUT2D eigenvalue weighted by Crippen LogP contribution is 2.22. The molecule has 82 valence electrons. The zero-order chi connectivity index (χ0) is 11.6. The van der Waals surface area contributed by atoms with E-state index in [1.165, 1.54) is 20.2 Å². The molecule has 0 spiro atoms. The second kappa shape index (κ2) is 4.67. The first-order valence-electron chi connectivity index (χ1n) is 3.94. The molecule has 0 saturated heterocycles. The SMILES string of the molecule is CON(C)C(=O)c1c(F)ccc(Br)c1F. The molecule has 1 aromatic carbocycles. The summed E-state index contributed by atoms with van der Waals surface area (Å²) in [5.74, 6) is -2.75. The van der Waals surface area contributed by atoms with Crippen molar-refractivity contribution in [2.75, 3.05) is 14.2 Å². The lowest BCUT2D eigenvalue weighted by atomic mass is 10.2. The molecular formula is C9H8BrF2NO2. The van der Waals surface area contributed by atoms with Gasteiger partial charge in [0.15, 0.2) is 5.82 Å². The average molecular weight is 280 g/mol. The van der Waals surface area contributed by atoms with Gasteiger partial charge in [0, 0.05) is 7.05 Å². The molecule has 0 fully saturated rings. The molecule has 0 bridgehead atoms. The van der Waals surface area contributed by atoms with Crippen molar-refractivity contribution in [2.24, 2.45) is 0 Å². The van der Waals surface area contributed by atoms with E-state index < -0.39 is 23.1 Å². The molecule has 0 radical (unpaired) electrons. The Morgan fingerprint density at radius 3 is 2.60 bits per heavy atom. The molecule has 1 rings (SSSR count). The molecule has 6 heteroatoms. The predicted octanol–water partition coefficient (Wildman–Crippen LogP) is 2.36. The van der Waals surface area contributed by atoms with Crippen LogP contribution < -0.4 is 0 Å². The maximum atomic E-state index is 13.4. The second-order valence-corrected chi connectivity index (χ2v) is 3.56. The van der Waals surface area contributed by atoms with E-state index in [1.54, 1.807) is 0 Å². The molecule has 0 N–H and O–H groups in total. The molecule has 0 aliphatic rings. The molecule has 0 atom stereocenters. The van der Waals surface area contributed by atoms with Gasteiger partial charge in [0.25, 0.3) is 5.91 Å². The largest absolute Gasteiger partial charge is 0.283 e. The first-order valence-corrected chi connectivity index (χ1v) is 4.74. The van der Waals surface area contributed by atoms with Crippen molar-refractivity contribution in [3.05, 3.63) is 33.8 Å². The Balaban J connectivity index is 3.24. The van der Waals surface area contributed by atoms with Gasteiger partial charge in [-0.05, 0) is 28.1 Å². The summed E-state index contributed by atoms with van der Waals surface area (Å²) in [6, 6.07) is 2.19. The zero-order valence-corrected chi connectivity index (χ0v) is 9.64. The normalized spacial score (nSPS) is 10.2. The quantitative estimate of drug-likeness (QED) is 0.615. The molecule has 15 heavy (non-hydrogen) atoms. The van der Waals surface area contributed by atoms with Crippen molar-refractivity contribution in [3.8, 4) is 0 Å². The van der Waals surface area contributed by atoms with Gasteiger partial charge in [-0.2, -0.15) is 0 Å². The Bertz CT molecular complexity index is 398. The van der Waals surface area contributed by atoms with Crippen LogP contribution in [0.4, 0.5) is 8.78 Å². The van der Waals surface area contributed by atoms with Gasteiger partial charge in [-0.15, -0.1) is 0 Å². The number of amides is 1. The number of hydroxylamine groups is 2. The topological polar surface area (TPSA) is 29.5 Å². The van der Waals surface area contributed by atoms with E-state index in [2.05, 4.69) is 20.8 Å². The molecule has 0 heterocycles. The summed E-state index contributed by atoms with van der Waals surface area (Å²) in [4.78, 5) is 16.0. The van der Waals surface area contributed by atoms with Crippen molar-refractivity contribution >= 4 is 21.8 Å². The van der Waals surface area contributed by atoms with Crippen LogP contribution in [-0.4, -0.2) is 25.1 Å². The number of carbonyl (C=O) groups excluding carboxylic acids is 1. The van der Waals surface area contributed by atoms with E-state index in [0.717, 1.165) is 11.1 Å². The predicted molar refractivity (Wildman–Crippen MR) is 53.2 cm³/mol. The van der Waals surface area contributed by atoms with Crippen LogP contribution in [0.5, 0.6) is 0 Å². The smallest absolute Gasteiger partial charge is 0.274 e. The summed E-state index contributed by atoms with van der Waals surface area (Å²) in [6.45, 7) is 0. The lowest BCUT2D eigenvalue weighted by molar-refractivity contribution is -0.0762. The minimum Gasteiger partial charge on any atom is -0.274 e. The fourth-order valence-electron chi connectivity index (χ4n) is 0.963. The van der Waals surface area contributed by atoms with Crippen LogP contribution in [0.15, 0.2) is 16.6 Å². The minimum atomic E-state index is -0.941. The number of rotatable bonds is 2. The number of halogens is 3. The van der Waals surface area contributed by atoms with Gasteiger partial charge in [-0.1, -0.05) is 0 Å². The summed E-state index contributed by atoms with van der Waals surface area (Å²) in [5, 5.41) is 0.744. The first-order chi connectivity index (χ1) is 6.99. The van der Waals surface area contributed by atoms with Gasteiger partial charge in [-0.3, -0.25) is 9.63 Å². The van der Waals surface area contributed by atoms with Crippen LogP contribution in [0.3, 0.4) is 0 Å². The van der Waals surface area contributed by atoms with E-state index in [-0.39, 0.29) is 4.47 Å². The van der Waals surface area contributed by atoms with Crippen molar-refractivity contribution in [3.63, 3.8) is 0 Å². The second-order valence-electron chi connectivity index (χ2n) is 2.70. The third-order valence-electron chi connectivity index (χ3n) is 1.82. The van der Waals surface area contributed by atoms with E-state index in [0.29, 0.717) is 0 Å². The van der Waals surface area contributed by atoms with Gasteiger partial charge < -0.3 is 0 Å². The van der Waals surface area contributed by atoms with Crippen molar-refractivity contribution < 1.29 is 18.4 Å². The molecule has 0 saturated carbocycles. The molecular weight excluding hydrogens is 272 g/mol. The van der Waals surface area contributed by atoms with Gasteiger partial charge in [-0.25, -0.2) is 13.8 Å². The van der Waals surface area contributed by atoms with Crippen LogP contribution in [-0.2, 0) is 4.84 Å². The van der Waals surface area contributed by atoms with Crippen LogP contribution in [0.2, 0.25) is 0 Å². The average Bonchev–Trinajstić information content (AvgIpc) is 2.22. The van der Waals surface area contributed by atoms with Crippen LogP contribution in [0.1, 0.15) is 10.4 Å². The Morgan fingerprint density at radius 2 is 2.07 bits per heavy atom. The highest BCUT2D eigenvalue weighted by atomic mass is 79.9. The number of hydrogen-bond donors (Lipinski definition) is 0. The maximum absolute atomic E-state index is 13.4. The van der Waals surface area contributed by atoms with Gasteiger partial charge >= 0.3 is 0 Å². The highest BCUT2D eigenvalue weighted by molar-refractivity contribution is 9.10. The summed E-state index contributed by atoms with van der Waals surface area (Å²) in [6.07, 6.45) is 0. The van der Waals surface area contributed by atoms with E-state index in [4.69, 9.17) is 0 Å². The molecule has 0 aliphatic heterocycles. The third-order valence-corrected chi connectivity index (χ3v) is 2.43. The van der Waals surface area contributed by atoms with Crippen LogP contribution >= 0.6 is 15.9 Å². The lowest BCUT2D eigenvalue weighted by Gasteiger charge is -2.14. The molecule has 1 amide bonds. The lowest BCUT2D eigenvalue weighted by Crippen LogP contribution is -2.27. The minimum absolute atomic E-state index is 0.0248. The summed E-state index contributed by atoms with van der Waals surface area (Å²) < 4.78 is 26.7. The van der Waals surface area contributed by atoms with Crippen molar-refractivity contribution in [2.45, 2.75) is 0 Å². The Hall–Kier alpha value is -1.01. The van der Waals surface area contributed by atoms with Gasteiger partial charge in [0.2, 0.25) is 0 Å². The summed E-state index contributed by atoms with van der Waals surface area (Å²) >= 11 is 2.87. The standard InChI is InChI=1S/C9H8BrF2NO2/c1-13(15-2)9(14)7-6(11)4-3-5(10)8(7)12/h3-4H,1-2H3. The number of carbonyl (C=O) groups is 1. The molecule has 0 aromatic heterocycles. The Labute approximate surface area is 93.7 Å². The summed E-state index contributed by atoms with van der Waals surface area (Å²) in [7, 11) is 2.49. The molecule has 0 aliphatic carbocycles. The van der Waals surface area contributed by atoms with Gasteiger partial charge in [0.1, 0.15) is 11.4 Å². The highest BCUT2D eigenvalue weighted by Gasteiger charge is 2.22. The monoisotopic (exact) mass is 279 g/mol. The maximum Gasteiger partial charge on any atom is 0.283 e. The fraction of sp³-hybridized carbons (Fsp3) is 0.222. The third kappa shape index (κ3) is 2.32. The number of benzene rings is 1. The van der Waals surface area contributed by atoms with Crippen molar-refractivity contribution in [1.82, 2.24) is 5.06 Å². The molecule has 0 unspecified atom stereocenters. The number of nitrogens with zero attached hydrogens (tertiary/aromatic N) is 1. The Morgan fingerprint density at radius 1 is 1.47 bits per heavy atom.